The number of thiol groups is 1. The van der Waals surface area contributed by atoms with Gasteiger partial charge in [-0.1, -0.05) is 0 Å². The molecule has 1 unspecified atom stereocenters. The van der Waals surface area contributed by atoms with Crippen molar-refractivity contribution >= 4 is 24.3 Å². The Morgan fingerprint density at radius 1 is 1.35 bits per heavy atom. The minimum Gasteiger partial charge on any atom is -0.376 e. The lowest BCUT2D eigenvalue weighted by Gasteiger charge is -2.11. The lowest BCUT2D eigenvalue weighted by molar-refractivity contribution is 0.120. The van der Waals surface area contributed by atoms with E-state index >= 15 is 0 Å². The summed E-state index contributed by atoms with van der Waals surface area (Å²) in [6.07, 6.45) is 4.16. The molecule has 17 heavy (non-hydrogen) atoms. The van der Waals surface area contributed by atoms with Gasteiger partial charge in [0.05, 0.1) is 6.10 Å². The fourth-order valence-electron chi connectivity index (χ4n) is 1.76. The van der Waals surface area contributed by atoms with Crippen molar-refractivity contribution in [1.29, 1.82) is 0 Å². The van der Waals surface area contributed by atoms with Gasteiger partial charge in [0.25, 0.3) is 0 Å². The first kappa shape index (κ1) is 12.4. The van der Waals surface area contributed by atoms with Crippen LogP contribution in [0.15, 0.2) is 12.4 Å². The van der Waals surface area contributed by atoms with E-state index in [0.29, 0.717) is 6.10 Å². The molecule has 0 aromatic carbocycles. The minimum absolute atomic E-state index is 0.318. The van der Waals surface area contributed by atoms with Gasteiger partial charge in [0.15, 0.2) is 0 Å². The molecule has 0 aliphatic carbocycles. The molecule has 1 aliphatic rings. The standard InChI is InChI=1S/C11H18N4OS/c17-5-3-12-10-6-11(15-8-14-10)13-7-9-2-1-4-16-9/h6,8-9,17H,1-5,7H2,(H2,12,13,14,15). The van der Waals surface area contributed by atoms with E-state index in [-0.39, 0.29) is 0 Å². The molecule has 0 spiro atoms. The molecule has 0 radical (unpaired) electrons. The van der Waals surface area contributed by atoms with Crippen molar-refractivity contribution in [2.45, 2.75) is 18.9 Å². The van der Waals surface area contributed by atoms with Gasteiger partial charge in [0.2, 0.25) is 0 Å². The molecule has 1 saturated heterocycles. The second-order valence-electron chi connectivity index (χ2n) is 3.95. The predicted molar refractivity (Wildman–Crippen MR) is 71.8 cm³/mol. The van der Waals surface area contributed by atoms with Crippen molar-refractivity contribution < 1.29 is 4.74 Å². The van der Waals surface area contributed by atoms with Crippen LogP contribution >= 0.6 is 12.6 Å². The van der Waals surface area contributed by atoms with Crippen molar-refractivity contribution in [3.8, 4) is 0 Å². The van der Waals surface area contributed by atoms with Crippen molar-refractivity contribution in [3.05, 3.63) is 12.4 Å². The molecule has 1 fully saturated rings. The Labute approximate surface area is 107 Å². The van der Waals surface area contributed by atoms with Crippen LogP contribution in [0.3, 0.4) is 0 Å². The molecule has 5 nitrogen and oxygen atoms in total. The Balaban J connectivity index is 1.82. The van der Waals surface area contributed by atoms with Gasteiger partial charge in [-0.15, -0.1) is 0 Å². The minimum atomic E-state index is 0.318. The first-order valence-corrected chi connectivity index (χ1v) is 6.54. The van der Waals surface area contributed by atoms with E-state index in [4.69, 9.17) is 4.74 Å². The summed E-state index contributed by atoms with van der Waals surface area (Å²) in [6, 6.07) is 1.90. The first-order chi connectivity index (χ1) is 8.38. The number of hydrogen-bond acceptors (Lipinski definition) is 6. The zero-order chi connectivity index (χ0) is 11.9. The predicted octanol–water partition coefficient (Wildman–Crippen LogP) is 1.41. The Morgan fingerprint density at radius 2 is 2.18 bits per heavy atom. The Hall–Kier alpha value is -1.01. The largest absolute Gasteiger partial charge is 0.376 e. The fourth-order valence-corrected chi connectivity index (χ4v) is 1.87. The van der Waals surface area contributed by atoms with Crippen LogP contribution in [-0.2, 0) is 4.74 Å². The summed E-state index contributed by atoms with van der Waals surface area (Å²) in [5.74, 6) is 2.43. The van der Waals surface area contributed by atoms with Crippen LogP contribution in [0.2, 0.25) is 0 Å². The van der Waals surface area contributed by atoms with Gasteiger partial charge in [-0.25, -0.2) is 9.97 Å². The second kappa shape index (κ2) is 6.66. The van der Waals surface area contributed by atoms with Crippen molar-refractivity contribution in [3.63, 3.8) is 0 Å². The van der Waals surface area contributed by atoms with E-state index in [1.54, 1.807) is 6.33 Å². The number of ether oxygens (including phenoxy) is 1. The number of anilines is 2. The zero-order valence-electron chi connectivity index (χ0n) is 9.72. The Kier molecular flexibility index (Phi) is 4.88. The van der Waals surface area contributed by atoms with Gasteiger partial charge < -0.3 is 15.4 Å². The van der Waals surface area contributed by atoms with Gasteiger partial charge in [0, 0.05) is 31.5 Å². The highest BCUT2D eigenvalue weighted by Crippen LogP contribution is 2.13. The maximum absolute atomic E-state index is 5.54. The molecular weight excluding hydrogens is 236 g/mol. The number of nitrogens with zero attached hydrogens (tertiary/aromatic N) is 2. The average molecular weight is 254 g/mol. The second-order valence-corrected chi connectivity index (χ2v) is 4.40. The van der Waals surface area contributed by atoms with Gasteiger partial charge >= 0.3 is 0 Å². The fraction of sp³-hybridized carbons (Fsp3) is 0.636. The third kappa shape index (κ3) is 4.05. The average Bonchev–Trinajstić information content (AvgIpc) is 2.87. The topological polar surface area (TPSA) is 59.1 Å². The summed E-state index contributed by atoms with van der Waals surface area (Å²) in [5.41, 5.74) is 0. The highest BCUT2D eigenvalue weighted by Gasteiger charge is 2.14. The molecular formula is C11H18N4OS. The Morgan fingerprint density at radius 3 is 2.88 bits per heavy atom. The summed E-state index contributed by atoms with van der Waals surface area (Å²) in [6.45, 7) is 2.49. The lowest BCUT2D eigenvalue weighted by Crippen LogP contribution is -2.19. The van der Waals surface area contributed by atoms with Gasteiger partial charge in [0.1, 0.15) is 18.0 Å². The molecule has 0 amide bonds. The summed E-state index contributed by atoms with van der Waals surface area (Å²) in [7, 11) is 0. The molecule has 2 rings (SSSR count). The molecule has 1 aliphatic heterocycles. The molecule has 0 bridgehead atoms. The van der Waals surface area contributed by atoms with Gasteiger partial charge in [-0.05, 0) is 12.8 Å². The molecule has 0 saturated carbocycles. The number of aromatic nitrogens is 2. The third-order valence-corrected chi connectivity index (χ3v) is 2.84. The summed E-state index contributed by atoms with van der Waals surface area (Å²) in [5, 5.41) is 6.43. The van der Waals surface area contributed by atoms with Crippen LogP contribution in [0.5, 0.6) is 0 Å². The van der Waals surface area contributed by atoms with Crippen molar-refractivity contribution in [2.75, 3.05) is 36.1 Å². The van der Waals surface area contributed by atoms with E-state index in [1.807, 2.05) is 6.07 Å². The molecule has 1 aromatic rings. The van der Waals surface area contributed by atoms with Gasteiger partial charge in [-0.2, -0.15) is 12.6 Å². The Bertz CT molecular complexity index is 344. The monoisotopic (exact) mass is 254 g/mol. The quantitative estimate of drug-likeness (QED) is 0.670. The van der Waals surface area contributed by atoms with Crippen LogP contribution in [0.1, 0.15) is 12.8 Å². The van der Waals surface area contributed by atoms with E-state index in [9.17, 15) is 0 Å². The normalized spacial score (nSPS) is 19.2. The maximum atomic E-state index is 5.54. The number of rotatable bonds is 6. The first-order valence-electron chi connectivity index (χ1n) is 5.91. The molecule has 2 N–H and O–H groups in total. The van der Waals surface area contributed by atoms with E-state index in [1.165, 1.54) is 0 Å². The molecule has 1 aromatic heterocycles. The summed E-state index contributed by atoms with van der Waals surface area (Å²) in [4.78, 5) is 8.30. The summed E-state index contributed by atoms with van der Waals surface area (Å²) < 4.78 is 5.54. The van der Waals surface area contributed by atoms with E-state index in [0.717, 1.165) is 49.9 Å². The van der Waals surface area contributed by atoms with E-state index in [2.05, 4.69) is 33.2 Å². The summed E-state index contributed by atoms with van der Waals surface area (Å²) >= 11 is 4.14. The van der Waals surface area contributed by atoms with Gasteiger partial charge in [-0.3, -0.25) is 0 Å². The van der Waals surface area contributed by atoms with Crippen LogP contribution < -0.4 is 10.6 Å². The molecule has 6 heteroatoms. The SMILES string of the molecule is SCCNc1cc(NCC2CCCO2)ncn1. The highest BCUT2D eigenvalue weighted by atomic mass is 32.1. The van der Waals surface area contributed by atoms with Crippen LogP contribution in [-0.4, -0.2) is 41.5 Å². The number of nitrogens with one attached hydrogen (secondary N) is 2. The van der Waals surface area contributed by atoms with E-state index < -0.39 is 0 Å². The van der Waals surface area contributed by atoms with Crippen molar-refractivity contribution in [2.24, 2.45) is 0 Å². The lowest BCUT2D eigenvalue weighted by atomic mass is 10.2. The third-order valence-electron chi connectivity index (χ3n) is 2.62. The molecule has 2 heterocycles. The van der Waals surface area contributed by atoms with Crippen LogP contribution in [0, 0.1) is 0 Å². The highest BCUT2D eigenvalue weighted by molar-refractivity contribution is 7.80. The zero-order valence-corrected chi connectivity index (χ0v) is 10.6. The van der Waals surface area contributed by atoms with Crippen LogP contribution in [0.25, 0.3) is 0 Å². The number of hydrogen-bond donors (Lipinski definition) is 3. The van der Waals surface area contributed by atoms with Crippen LogP contribution in [0.4, 0.5) is 11.6 Å². The molecule has 1 atom stereocenters. The van der Waals surface area contributed by atoms with Crippen molar-refractivity contribution in [1.82, 2.24) is 9.97 Å². The maximum Gasteiger partial charge on any atom is 0.131 e. The molecule has 94 valence electrons. The smallest absolute Gasteiger partial charge is 0.131 e.